The van der Waals surface area contributed by atoms with Crippen LogP contribution in [0.5, 0.6) is 0 Å². The molecule has 2 aromatic carbocycles. The van der Waals surface area contributed by atoms with Crippen LogP contribution in [0.15, 0.2) is 79.0 Å². The molecule has 0 radical (unpaired) electrons. The van der Waals surface area contributed by atoms with Gasteiger partial charge in [-0.1, -0.05) is 48.5 Å². The van der Waals surface area contributed by atoms with E-state index in [-0.39, 0.29) is 24.1 Å². The molecule has 1 N–H and O–H groups in total. The lowest BCUT2D eigenvalue weighted by molar-refractivity contribution is -0.129. The molecule has 8 nitrogen and oxygen atoms in total. The molecule has 0 saturated carbocycles. The number of nitrogens with zero attached hydrogens (tertiary/aromatic N) is 5. The van der Waals surface area contributed by atoms with Crippen molar-refractivity contribution in [1.29, 1.82) is 0 Å². The van der Waals surface area contributed by atoms with Crippen molar-refractivity contribution in [2.24, 2.45) is 0 Å². The van der Waals surface area contributed by atoms with Crippen LogP contribution in [0.4, 0.5) is 5.82 Å². The number of carbonyl (C=O) groups is 2. The minimum atomic E-state index is -0.379. The second-order valence-electron chi connectivity index (χ2n) is 7.17. The number of rotatable bonds is 6. The molecule has 156 valence electrons. The molecular weight excluding hydrogens is 392 g/mol. The van der Waals surface area contributed by atoms with Crippen LogP contribution in [-0.4, -0.2) is 50.4 Å². The predicted octanol–water partition coefficient (Wildman–Crippen LogP) is 3.08. The van der Waals surface area contributed by atoms with E-state index in [4.69, 9.17) is 0 Å². The molecule has 0 unspecified atom stereocenters. The Kier molecular flexibility index (Phi) is 5.61. The molecule has 0 fully saturated rings. The summed E-state index contributed by atoms with van der Waals surface area (Å²) < 4.78 is 3.23. The van der Waals surface area contributed by atoms with Gasteiger partial charge in [-0.15, -0.1) is 0 Å². The van der Waals surface area contributed by atoms with Crippen LogP contribution >= 0.6 is 0 Å². The summed E-state index contributed by atoms with van der Waals surface area (Å²) in [6.07, 6.45) is 1.65. The average molecular weight is 414 g/mol. The topological polar surface area (TPSA) is 85.0 Å². The highest BCUT2D eigenvalue weighted by Gasteiger charge is 2.18. The Morgan fingerprint density at radius 2 is 1.61 bits per heavy atom. The number of benzene rings is 2. The van der Waals surface area contributed by atoms with Gasteiger partial charge >= 0.3 is 0 Å². The van der Waals surface area contributed by atoms with Crippen LogP contribution in [0.1, 0.15) is 10.5 Å². The van der Waals surface area contributed by atoms with Gasteiger partial charge in [0, 0.05) is 31.9 Å². The van der Waals surface area contributed by atoms with E-state index in [0.717, 1.165) is 16.9 Å². The van der Waals surface area contributed by atoms with Gasteiger partial charge in [-0.05, 0) is 18.2 Å². The number of para-hydroxylation sites is 1. The maximum Gasteiger partial charge on any atom is 0.277 e. The van der Waals surface area contributed by atoms with E-state index in [9.17, 15) is 9.59 Å². The molecule has 0 saturated heterocycles. The van der Waals surface area contributed by atoms with Gasteiger partial charge in [0.25, 0.3) is 5.91 Å². The number of nitrogens with one attached hydrogen (secondary N) is 1. The number of likely N-dealkylation sites (N-methyl/N-ethyl adjacent to an activating group) is 1. The third-order valence-electron chi connectivity index (χ3n) is 4.69. The van der Waals surface area contributed by atoms with Crippen LogP contribution in [0.2, 0.25) is 0 Å². The second kappa shape index (κ2) is 8.66. The number of hydrogen-bond donors (Lipinski definition) is 1. The summed E-state index contributed by atoms with van der Waals surface area (Å²) in [5.74, 6) is -0.113. The van der Waals surface area contributed by atoms with Crippen LogP contribution in [-0.2, 0) is 11.3 Å². The highest BCUT2D eigenvalue weighted by molar-refractivity contribution is 6.03. The molecular formula is C23H22N6O2. The highest BCUT2D eigenvalue weighted by atomic mass is 16.2. The van der Waals surface area contributed by atoms with E-state index in [1.165, 1.54) is 9.58 Å². The van der Waals surface area contributed by atoms with Crippen molar-refractivity contribution in [2.75, 3.05) is 19.4 Å². The third kappa shape index (κ3) is 4.53. The van der Waals surface area contributed by atoms with E-state index in [1.807, 2.05) is 60.7 Å². The molecule has 0 aliphatic rings. The Bertz CT molecular complexity index is 1140. The minimum Gasteiger partial charge on any atom is -0.347 e. The van der Waals surface area contributed by atoms with E-state index < -0.39 is 0 Å². The molecule has 2 heterocycles. The monoisotopic (exact) mass is 414 g/mol. The Labute approximate surface area is 179 Å². The first kappa shape index (κ1) is 20.1. The van der Waals surface area contributed by atoms with Gasteiger partial charge < -0.3 is 10.2 Å². The van der Waals surface area contributed by atoms with Crippen molar-refractivity contribution in [1.82, 2.24) is 24.5 Å². The number of anilines is 1. The van der Waals surface area contributed by atoms with Crippen molar-refractivity contribution in [3.63, 3.8) is 0 Å². The molecule has 0 aliphatic carbocycles. The summed E-state index contributed by atoms with van der Waals surface area (Å²) in [5.41, 5.74) is 2.87. The quantitative estimate of drug-likeness (QED) is 0.525. The Morgan fingerprint density at radius 1 is 0.935 bits per heavy atom. The number of aromatic nitrogens is 4. The molecule has 8 heteroatoms. The van der Waals surface area contributed by atoms with Crippen molar-refractivity contribution in [2.45, 2.75) is 6.54 Å². The normalized spacial score (nSPS) is 10.6. The first-order chi connectivity index (χ1) is 15.0. The van der Waals surface area contributed by atoms with Crippen molar-refractivity contribution < 1.29 is 9.59 Å². The van der Waals surface area contributed by atoms with Gasteiger partial charge in [0.2, 0.25) is 5.91 Å². The fourth-order valence-corrected chi connectivity index (χ4v) is 3.05. The zero-order valence-electron chi connectivity index (χ0n) is 17.3. The van der Waals surface area contributed by atoms with E-state index in [0.29, 0.717) is 5.82 Å². The molecule has 31 heavy (non-hydrogen) atoms. The second-order valence-corrected chi connectivity index (χ2v) is 7.17. The zero-order chi connectivity index (χ0) is 21.8. The van der Waals surface area contributed by atoms with Crippen LogP contribution in [0, 0.1) is 0 Å². The fourth-order valence-electron chi connectivity index (χ4n) is 3.05. The standard InChI is InChI=1S/C23H22N6O2/c1-27(2)22(30)16-28-14-13-21(26-28)24-23(31)19-15-20(17-9-5-3-6-10-17)29(25-19)18-11-7-4-8-12-18/h3-15H,16H2,1-2H3,(H,24,26,31). The van der Waals surface area contributed by atoms with Crippen LogP contribution in [0.25, 0.3) is 16.9 Å². The van der Waals surface area contributed by atoms with Gasteiger partial charge in [0.05, 0.1) is 11.4 Å². The fraction of sp³-hybridized carbons (Fsp3) is 0.130. The van der Waals surface area contributed by atoms with Crippen LogP contribution in [0.3, 0.4) is 0 Å². The average Bonchev–Trinajstić information content (AvgIpc) is 3.42. The zero-order valence-corrected chi connectivity index (χ0v) is 17.3. The van der Waals surface area contributed by atoms with Gasteiger partial charge in [-0.2, -0.15) is 10.2 Å². The lowest BCUT2D eigenvalue weighted by Crippen LogP contribution is -2.26. The maximum atomic E-state index is 12.9. The number of amides is 2. The van der Waals surface area contributed by atoms with Gasteiger partial charge in [-0.3, -0.25) is 14.3 Å². The summed E-state index contributed by atoms with van der Waals surface area (Å²) in [4.78, 5) is 26.2. The lowest BCUT2D eigenvalue weighted by atomic mass is 10.1. The van der Waals surface area contributed by atoms with E-state index in [1.54, 1.807) is 37.1 Å². The van der Waals surface area contributed by atoms with Crippen molar-refractivity contribution in [3.05, 3.63) is 84.7 Å². The molecule has 0 atom stereocenters. The number of carbonyl (C=O) groups excluding carboxylic acids is 2. The molecule has 0 spiro atoms. The number of hydrogen-bond acceptors (Lipinski definition) is 4. The van der Waals surface area contributed by atoms with Gasteiger partial charge in [-0.25, -0.2) is 4.68 Å². The van der Waals surface area contributed by atoms with E-state index >= 15 is 0 Å². The molecule has 2 aromatic heterocycles. The largest absolute Gasteiger partial charge is 0.347 e. The lowest BCUT2D eigenvalue weighted by Gasteiger charge is -2.09. The van der Waals surface area contributed by atoms with Crippen molar-refractivity contribution >= 4 is 17.6 Å². The molecule has 2 amide bonds. The molecule has 4 aromatic rings. The third-order valence-corrected chi connectivity index (χ3v) is 4.69. The Hall–Kier alpha value is -4.20. The molecule has 4 rings (SSSR count). The maximum absolute atomic E-state index is 12.9. The van der Waals surface area contributed by atoms with E-state index in [2.05, 4.69) is 15.5 Å². The highest BCUT2D eigenvalue weighted by Crippen LogP contribution is 2.24. The SMILES string of the molecule is CN(C)C(=O)Cn1ccc(NC(=O)c2cc(-c3ccccc3)n(-c3ccccc3)n2)n1. The first-order valence-corrected chi connectivity index (χ1v) is 9.77. The minimum absolute atomic E-state index is 0.0879. The summed E-state index contributed by atoms with van der Waals surface area (Å²) in [6.45, 7) is 0.101. The predicted molar refractivity (Wildman–Crippen MR) is 118 cm³/mol. The molecule has 0 aliphatic heterocycles. The smallest absolute Gasteiger partial charge is 0.277 e. The van der Waals surface area contributed by atoms with Crippen molar-refractivity contribution in [3.8, 4) is 16.9 Å². The summed E-state index contributed by atoms with van der Waals surface area (Å²) in [5, 5.41) is 11.5. The van der Waals surface area contributed by atoms with Gasteiger partial charge in [0.1, 0.15) is 6.54 Å². The Balaban J connectivity index is 1.60. The molecule has 0 bridgehead atoms. The summed E-state index contributed by atoms with van der Waals surface area (Å²) >= 11 is 0. The Morgan fingerprint density at radius 3 is 2.29 bits per heavy atom. The summed E-state index contributed by atoms with van der Waals surface area (Å²) in [6, 6.07) is 22.8. The van der Waals surface area contributed by atoms with Crippen LogP contribution < -0.4 is 5.32 Å². The first-order valence-electron chi connectivity index (χ1n) is 9.77. The van der Waals surface area contributed by atoms with Gasteiger partial charge in [0.15, 0.2) is 11.5 Å². The summed E-state index contributed by atoms with van der Waals surface area (Å²) in [7, 11) is 3.36.